The second-order valence-electron chi connectivity index (χ2n) is 6.68. The summed E-state index contributed by atoms with van der Waals surface area (Å²) < 4.78 is 67.7. The van der Waals surface area contributed by atoms with Crippen LogP contribution in [0.4, 0.5) is 18.9 Å². The molecular weight excluding hydrogens is 451 g/mol. The van der Waals surface area contributed by atoms with Crippen LogP contribution in [0.2, 0.25) is 0 Å². The zero-order chi connectivity index (χ0) is 22.5. The largest absolute Gasteiger partial charge is 0.416 e. The molecule has 166 valence electrons. The van der Waals surface area contributed by atoms with Crippen LogP contribution in [0.5, 0.6) is 0 Å². The van der Waals surface area contributed by atoms with Crippen LogP contribution in [0, 0.1) is 0 Å². The van der Waals surface area contributed by atoms with Crippen molar-refractivity contribution in [1.29, 1.82) is 0 Å². The van der Waals surface area contributed by atoms with Gasteiger partial charge in [-0.1, -0.05) is 24.3 Å². The standard InChI is InChI=1S/C19H20F3N5O2S2/c20-19(21,22)14-7-6-8-15(13-14)23-18(30)25-24-17(27-11-4-5-12-27)26-31(28,29)16-9-2-1-3-10-16/h1-3,6-10,13H,4-5,11-12H2,(H,24,26)(H2,23,25,30). The molecule has 0 spiro atoms. The number of nitrogens with zero attached hydrogens (tertiary/aromatic N) is 2. The summed E-state index contributed by atoms with van der Waals surface area (Å²) in [6, 6.07) is 12.3. The number of hydrazine groups is 1. The number of alkyl halides is 3. The Morgan fingerprint density at radius 3 is 2.32 bits per heavy atom. The Hall–Kier alpha value is -2.86. The van der Waals surface area contributed by atoms with Gasteiger partial charge in [0.05, 0.1) is 10.5 Å². The molecule has 0 atom stereocenters. The number of hydrogen-bond acceptors (Lipinski definition) is 3. The molecule has 0 saturated carbocycles. The number of likely N-dealkylation sites (tertiary alicyclic amines) is 1. The maximum Gasteiger partial charge on any atom is 0.416 e. The molecule has 0 aliphatic carbocycles. The van der Waals surface area contributed by atoms with Gasteiger partial charge >= 0.3 is 6.18 Å². The minimum Gasteiger partial charge on any atom is -0.341 e. The van der Waals surface area contributed by atoms with E-state index in [4.69, 9.17) is 12.2 Å². The molecular formula is C19H20F3N5O2S2. The van der Waals surface area contributed by atoms with Crippen molar-refractivity contribution in [3.05, 3.63) is 60.2 Å². The summed E-state index contributed by atoms with van der Waals surface area (Å²) >= 11 is 5.11. The van der Waals surface area contributed by atoms with Gasteiger partial charge in [-0.3, -0.25) is 10.9 Å². The molecule has 0 bridgehead atoms. The number of anilines is 1. The lowest BCUT2D eigenvalue weighted by molar-refractivity contribution is -0.137. The van der Waals surface area contributed by atoms with E-state index in [1.165, 1.54) is 24.3 Å². The van der Waals surface area contributed by atoms with E-state index in [9.17, 15) is 21.6 Å². The quantitative estimate of drug-likeness (QED) is 0.274. The van der Waals surface area contributed by atoms with E-state index in [-0.39, 0.29) is 21.7 Å². The first-order valence-electron chi connectivity index (χ1n) is 9.30. The van der Waals surface area contributed by atoms with Crippen LogP contribution in [0.1, 0.15) is 18.4 Å². The molecule has 2 aromatic rings. The number of benzene rings is 2. The van der Waals surface area contributed by atoms with Crippen molar-refractivity contribution in [2.45, 2.75) is 23.9 Å². The molecule has 1 aliphatic heterocycles. The number of guanidine groups is 1. The third kappa shape index (κ3) is 6.31. The minimum atomic E-state index is -4.48. The molecule has 0 aromatic heterocycles. The van der Waals surface area contributed by atoms with Crippen molar-refractivity contribution < 1.29 is 21.6 Å². The lowest BCUT2D eigenvalue weighted by Crippen LogP contribution is -2.50. The maximum absolute atomic E-state index is 12.9. The molecule has 0 unspecified atom stereocenters. The van der Waals surface area contributed by atoms with Crippen molar-refractivity contribution in [3.8, 4) is 0 Å². The molecule has 1 aliphatic rings. The van der Waals surface area contributed by atoms with Crippen LogP contribution < -0.4 is 16.2 Å². The highest BCUT2D eigenvalue weighted by atomic mass is 32.2. The van der Waals surface area contributed by atoms with Crippen molar-refractivity contribution in [1.82, 2.24) is 15.8 Å². The Morgan fingerprint density at radius 1 is 1.00 bits per heavy atom. The smallest absolute Gasteiger partial charge is 0.341 e. The second-order valence-corrected chi connectivity index (χ2v) is 8.69. The normalized spacial score (nSPS) is 14.9. The summed E-state index contributed by atoms with van der Waals surface area (Å²) in [4.78, 5) is 1.79. The average molecular weight is 472 g/mol. The van der Waals surface area contributed by atoms with Gasteiger partial charge in [-0.2, -0.15) is 21.6 Å². The fourth-order valence-electron chi connectivity index (χ4n) is 2.90. The van der Waals surface area contributed by atoms with Gasteiger partial charge in [-0.25, -0.2) is 0 Å². The van der Waals surface area contributed by atoms with Gasteiger partial charge in [0.1, 0.15) is 0 Å². The third-order valence-corrected chi connectivity index (χ3v) is 5.87. The Labute approximate surface area is 183 Å². The van der Waals surface area contributed by atoms with Crippen LogP contribution in [0.15, 0.2) is 63.9 Å². The number of halogens is 3. The summed E-state index contributed by atoms with van der Waals surface area (Å²) in [5.41, 5.74) is 4.58. The Bertz CT molecular complexity index is 1050. The van der Waals surface area contributed by atoms with E-state index in [0.717, 1.165) is 25.0 Å². The van der Waals surface area contributed by atoms with Gasteiger partial charge in [0.2, 0.25) is 5.96 Å². The molecule has 1 saturated heterocycles. The monoisotopic (exact) mass is 471 g/mol. The lowest BCUT2D eigenvalue weighted by atomic mass is 10.2. The van der Waals surface area contributed by atoms with Crippen molar-refractivity contribution in [2.75, 3.05) is 18.4 Å². The zero-order valence-electron chi connectivity index (χ0n) is 16.2. The van der Waals surface area contributed by atoms with Gasteiger partial charge in [-0.15, -0.1) is 4.40 Å². The van der Waals surface area contributed by atoms with Crippen molar-refractivity contribution >= 4 is 39.0 Å². The molecule has 1 heterocycles. The first-order valence-corrected chi connectivity index (χ1v) is 11.2. The first-order chi connectivity index (χ1) is 14.6. The highest BCUT2D eigenvalue weighted by Gasteiger charge is 2.30. The molecule has 0 amide bonds. The van der Waals surface area contributed by atoms with E-state index >= 15 is 0 Å². The first kappa shape index (κ1) is 22.8. The minimum absolute atomic E-state index is 0.0400. The lowest BCUT2D eigenvalue weighted by Gasteiger charge is -2.22. The van der Waals surface area contributed by atoms with E-state index in [1.54, 1.807) is 23.1 Å². The molecule has 0 radical (unpaired) electrons. The van der Waals surface area contributed by atoms with Gasteiger partial charge in [0.15, 0.2) is 5.11 Å². The summed E-state index contributed by atoms with van der Waals surface area (Å²) in [5, 5.41) is 2.58. The molecule has 31 heavy (non-hydrogen) atoms. The van der Waals surface area contributed by atoms with Crippen molar-refractivity contribution in [2.24, 2.45) is 4.40 Å². The van der Waals surface area contributed by atoms with Crippen LogP contribution in [-0.2, 0) is 16.2 Å². The molecule has 12 heteroatoms. The Kier molecular flexibility index (Phi) is 7.01. The SMILES string of the molecule is O=S(=O)(/N=C(\NNC(=S)Nc1cccc(C(F)(F)F)c1)N1CCCC1)c1ccccc1. The fourth-order valence-corrected chi connectivity index (χ4v) is 4.06. The molecule has 1 fully saturated rings. The molecule has 7 nitrogen and oxygen atoms in total. The predicted octanol–water partition coefficient (Wildman–Crippen LogP) is 3.34. The third-order valence-electron chi connectivity index (χ3n) is 4.39. The number of nitrogens with one attached hydrogen (secondary N) is 3. The van der Waals surface area contributed by atoms with Crippen LogP contribution in [-0.4, -0.2) is 37.5 Å². The highest BCUT2D eigenvalue weighted by molar-refractivity contribution is 7.90. The molecule has 3 rings (SSSR count). The molecule has 2 aromatic carbocycles. The number of rotatable bonds is 3. The van der Waals surface area contributed by atoms with Gasteiger partial charge in [0.25, 0.3) is 10.0 Å². The summed E-state index contributed by atoms with van der Waals surface area (Å²) in [6.45, 7) is 1.21. The Morgan fingerprint density at radius 2 is 1.68 bits per heavy atom. The fraction of sp³-hybridized carbons (Fsp3) is 0.263. The van der Waals surface area contributed by atoms with E-state index < -0.39 is 21.8 Å². The average Bonchev–Trinajstić information content (AvgIpc) is 3.26. The second kappa shape index (κ2) is 9.52. The molecule has 3 N–H and O–H groups in total. The van der Waals surface area contributed by atoms with Crippen LogP contribution in [0.25, 0.3) is 0 Å². The number of sulfonamides is 1. The van der Waals surface area contributed by atoms with Gasteiger partial charge in [-0.05, 0) is 55.4 Å². The number of thiocarbonyl (C=S) groups is 1. The summed E-state index contributed by atoms with van der Waals surface area (Å²) in [6.07, 6.45) is -2.73. The van der Waals surface area contributed by atoms with Crippen LogP contribution in [0.3, 0.4) is 0 Å². The number of hydrogen-bond donors (Lipinski definition) is 3. The van der Waals surface area contributed by atoms with Gasteiger partial charge < -0.3 is 10.2 Å². The van der Waals surface area contributed by atoms with Crippen LogP contribution >= 0.6 is 12.2 Å². The summed E-state index contributed by atoms with van der Waals surface area (Å²) in [5.74, 6) is 0.0505. The topological polar surface area (TPSA) is 85.8 Å². The predicted molar refractivity (Wildman–Crippen MR) is 116 cm³/mol. The maximum atomic E-state index is 12.9. The summed E-state index contributed by atoms with van der Waals surface area (Å²) in [7, 11) is -3.97. The zero-order valence-corrected chi connectivity index (χ0v) is 17.8. The van der Waals surface area contributed by atoms with Gasteiger partial charge in [0, 0.05) is 18.8 Å². The van der Waals surface area contributed by atoms with E-state index in [0.29, 0.717) is 13.1 Å². The Balaban J connectivity index is 1.72. The van der Waals surface area contributed by atoms with E-state index in [1.807, 2.05) is 0 Å². The van der Waals surface area contributed by atoms with E-state index in [2.05, 4.69) is 20.6 Å². The van der Waals surface area contributed by atoms with Crippen molar-refractivity contribution in [3.63, 3.8) is 0 Å². The highest BCUT2D eigenvalue weighted by Crippen LogP contribution is 2.30.